The maximum atomic E-state index is 9.68. The predicted octanol–water partition coefficient (Wildman–Crippen LogP) is 1.18. The first kappa shape index (κ1) is 14.9. The SMILES string of the molecule is CCOC(C)(C)CNCC(O)COCC1CC1. The van der Waals surface area contributed by atoms with Crippen molar-refractivity contribution in [2.24, 2.45) is 5.92 Å². The molecule has 0 aromatic rings. The van der Waals surface area contributed by atoms with E-state index in [2.05, 4.69) is 5.32 Å². The Kier molecular flexibility index (Phi) is 6.41. The monoisotopic (exact) mass is 245 g/mol. The van der Waals surface area contributed by atoms with Crippen LogP contribution in [-0.2, 0) is 9.47 Å². The molecule has 1 aliphatic rings. The summed E-state index contributed by atoms with van der Waals surface area (Å²) in [6.07, 6.45) is 2.15. The number of ether oxygens (including phenoxy) is 2. The highest BCUT2D eigenvalue weighted by atomic mass is 16.5. The predicted molar refractivity (Wildman–Crippen MR) is 68.1 cm³/mol. The molecule has 0 aliphatic heterocycles. The van der Waals surface area contributed by atoms with Gasteiger partial charge < -0.3 is 19.9 Å². The van der Waals surface area contributed by atoms with Gasteiger partial charge in [0.2, 0.25) is 0 Å². The fourth-order valence-electron chi connectivity index (χ4n) is 1.70. The van der Waals surface area contributed by atoms with Crippen molar-refractivity contribution in [3.8, 4) is 0 Å². The zero-order valence-corrected chi connectivity index (χ0v) is 11.4. The number of hydrogen-bond acceptors (Lipinski definition) is 4. The smallest absolute Gasteiger partial charge is 0.0897 e. The molecule has 1 saturated carbocycles. The number of rotatable bonds is 10. The highest BCUT2D eigenvalue weighted by Crippen LogP contribution is 2.28. The minimum absolute atomic E-state index is 0.177. The van der Waals surface area contributed by atoms with Gasteiger partial charge in [-0.2, -0.15) is 0 Å². The largest absolute Gasteiger partial charge is 0.389 e. The van der Waals surface area contributed by atoms with Crippen molar-refractivity contribution in [1.29, 1.82) is 0 Å². The first-order valence-corrected chi connectivity index (χ1v) is 6.64. The molecule has 1 unspecified atom stereocenters. The van der Waals surface area contributed by atoms with E-state index >= 15 is 0 Å². The lowest BCUT2D eigenvalue weighted by atomic mass is 10.1. The summed E-state index contributed by atoms with van der Waals surface area (Å²) in [5, 5.41) is 12.9. The van der Waals surface area contributed by atoms with E-state index in [0.29, 0.717) is 19.8 Å². The highest BCUT2D eigenvalue weighted by molar-refractivity contribution is 4.74. The normalized spacial score (nSPS) is 18.4. The minimum atomic E-state index is -0.425. The molecule has 4 heteroatoms. The topological polar surface area (TPSA) is 50.7 Å². The number of aliphatic hydroxyl groups is 1. The van der Waals surface area contributed by atoms with E-state index in [9.17, 15) is 5.11 Å². The average Bonchev–Trinajstić information content (AvgIpc) is 3.01. The van der Waals surface area contributed by atoms with E-state index in [1.165, 1.54) is 12.8 Å². The van der Waals surface area contributed by atoms with Gasteiger partial charge >= 0.3 is 0 Å². The van der Waals surface area contributed by atoms with Crippen LogP contribution in [0, 0.1) is 5.92 Å². The first-order valence-electron chi connectivity index (χ1n) is 6.64. The van der Waals surface area contributed by atoms with E-state index in [-0.39, 0.29) is 5.60 Å². The molecule has 0 aromatic carbocycles. The fourth-order valence-corrected chi connectivity index (χ4v) is 1.70. The van der Waals surface area contributed by atoms with Gasteiger partial charge in [-0.3, -0.25) is 0 Å². The van der Waals surface area contributed by atoms with Gasteiger partial charge in [-0.1, -0.05) is 0 Å². The van der Waals surface area contributed by atoms with Crippen LogP contribution in [0.1, 0.15) is 33.6 Å². The van der Waals surface area contributed by atoms with Gasteiger partial charge in [0.15, 0.2) is 0 Å². The summed E-state index contributed by atoms with van der Waals surface area (Å²) in [4.78, 5) is 0. The van der Waals surface area contributed by atoms with E-state index in [0.717, 1.165) is 19.1 Å². The van der Waals surface area contributed by atoms with Crippen LogP contribution in [0.15, 0.2) is 0 Å². The molecule has 0 spiro atoms. The molecular formula is C13H27NO3. The van der Waals surface area contributed by atoms with Gasteiger partial charge in [0, 0.05) is 26.3 Å². The minimum Gasteiger partial charge on any atom is -0.389 e. The van der Waals surface area contributed by atoms with Crippen molar-refractivity contribution in [3.05, 3.63) is 0 Å². The van der Waals surface area contributed by atoms with Crippen LogP contribution in [0.4, 0.5) is 0 Å². The van der Waals surface area contributed by atoms with Crippen LogP contribution < -0.4 is 5.32 Å². The van der Waals surface area contributed by atoms with E-state index in [1.807, 2.05) is 20.8 Å². The molecule has 0 bridgehead atoms. The van der Waals surface area contributed by atoms with Crippen molar-refractivity contribution < 1.29 is 14.6 Å². The summed E-state index contributed by atoms with van der Waals surface area (Å²) in [5.74, 6) is 0.757. The molecule has 1 aliphatic carbocycles. The molecular weight excluding hydrogens is 218 g/mol. The third kappa shape index (κ3) is 7.71. The van der Waals surface area contributed by atoms with Crippen molar-refractivity contribution in [1.82, 2.24) is 5.32 Å². The summed E-state index contributed by atoms with van der Waals surface area (Å²) in [7, 11) is 0. The average molecular weight is 245 g/mol. The van der Waals surface area contributed by atoms with Gasteiger partial charge in [0.05, 0.1) is 18.3 Å². The number of hydrogen-bond donors (Lipinski definition) is 2. The van der Waals surface area contributed by atoms with Crippen LogP contribution in [0.5, 0.6) is 0 Å². The molecule has 0 aromatic heterocycles. The Bertz CT molecular complexity index is 205. The third-order valence-electron chi connectivity index (χ3n) is 2.83. The molecule has 0 radical (unpaired) electrons. The first-order chi connectivity index (χ1) is 8.03. The number of nitrogens with one attached hydrogen (secondary N) is 1. The Hall–Kier alpha value is -0.160. The quantitative estimate of drug-likeness (QED) is 0.607. The lowest BCUT2D eigenvalue weighted by molar-refractivity contribution is -0.0138. The summed E-state index contributed by atoms with van der Waals surface area (Å²) in [6.45, 7) is 9.31. The number of aliphatic hydroxyl groups excluding tert-OH is 1. The van der Waals surface area contributed by atoms with E-state index in [1.54, 1.807) is 0 Å². The lowest BCUT2D eigenvalue weighted by Crippen LogP contribution is -2.41. The molecule has 17 heavy (non-hydrogen) atoms. The van der Waals surface area contributed by atoms with Crippen LogP contribution in [0.3, 0.4) is 0 Å². The van der Waals surface area contributed by atoms with Crippen molar-refractivity contribution in [2.45, 2.75) is 45.3 Å². The van der Waals surface area contributed by atoms with Crippen molar-refractivity contribution in [2.75, 3.05) is 32.9 Å². The molecule has 102 valence electrons. The molecule has 0 saturated heterocycles. The third-order valence-corrected chi connectivity index (χ3v) is 2.83. The van der Waals surface area contributed by atoms with Crippen LogP contribution in [0.2, 0.25) is 0 Å². The molecule has 4 nitrogen and oxygen atoms in total. The van der Waals surface area contributed by atoms with Gasteiger partial charge in [0.1, 0.15) is 0 Å². The summed E-state index contributed by atoms with van der Waals surface area (Å²) in [5.41, 5.74) is -0.177. The maximum absolute atomic E-state index is 9.68. The second kappa shape index (κ2) is 7.31. The molecule has 1 atom stereocenters. The van der Waals surface area contributed by atoms with E-state index < -0.39 is 6.10 Å². The van der Waals surface area contributed by atoms with Crippen LogP contribution in [0.25, 0.3) is 0 Å². The summed E-state index contributed by atoms with van der Waals surface area (Å²) >= 11 is 0. The van der Waals surface area contributed by atoms with Crippen LogP contribution >= 0.6 is 0 Å². The van der Waals surface area contributed by atoms with Gasteiger partial charge in [-0.05, 0) is 39.5 Å². The van der Waals surface area contributed by atoms with Gasteiger partial charge in [0.25, 0.3) is 0 Å². The molecule has 1 rings (SSSR count). The zero-order chi connectivity index (χ0) is 12.7. The Morgan fingerprint density at radius 2 is 2.12 bits per heavy atom. The second-order valence-electron chi connectivity index (χ2n) is 5.46. The van der Waals surface area contributed by atoms with Crippen LogP contribution in [-0.4, -0.2) is 49.7 Å². The second-order valence-corrected chi connectivity index (χ2v) is 5.46. The van der Waals surface area contributed by atoms with Gasteiger partial charge in [-0.25, -0.2) is 0 Å². The molecule has 2 N–H and O–H groups in total. The fraction of sp³-hybridized carbons (Fsp3) is 1.00. The molecule has 1 fully saturated rings. The lowest BCUT2D eigenvalue weighted by Gasteiger charge is -2.25. The molecule has 0 heterocycles. The Morgan fingerprint density at radius 3 is 2.71 bits per heavy atom. The maximum Gasteiger partial charge on any atom is 0.0897 e. The summed E-state index contributed by atoms with van der Waals surface area (Å²) in [6, 6.07) is 0. The Morgan fingerprint density at radius 1 is 1.41 bits per heavy atom. The summed E-state index contributed by atoms with van der Waals surface area (Å²) < 4.78 is 11.0. The highest BCUT2D eigenvalue weighted by Gasteiger charge is 2.22. The van der Waals surface area contributed by atoms with Crippen molar-refractivity contribution >= 4 is 0 Å². The molecule has 0 amide bonds. The Balaban J connectivity index is 1.96. The van der Waals surface area contributed by atoms with Gasteiger partial charge in [-0.15, -0.1) is 0 Å². The standard InChI is InChI=1S/C13H27NO3/c1-4-17-13(2,3)10-14-7-12(15)9-16-8-11-5-6-11/h11-12,14-15H,4-10H2,1-3H3. The van der Waals surface area contributed by atoms with Crippen molar-refractivity contribution in [3.63, 3.8) is 0 Å². The Labute approximate surface area is 105 Å². The van der Waals surface area contributed by atoms with E-state index in [4.69, 9.17) is 9.47 Å². The zero-order valence-electron chi connectivity index (χ0n) is 11.4.